The molecule has 0 bridgehead atoms. The number of phenols is 1. The summed E-state index contributed by atoms with van der Waals surface area (Å²) in [5.41, 5.74) is 4.75. The minimum Gasteiger partial charge on any atom is -0.504 e. The first-order chi connectivity index (χ1) is 16.3. The zero-order chi connectivity index (χ0) is 24.5. The van der Waals surface area contributed by atoms with E-state index in [1.165, 1.54) is 0 Å². The average molecular weight is 494 g/mol. The van der Waals surface area contributed by atoms with Gasteiger partial charge in [-0.25, -0.2) is 0 Å². The third-order valence-electron chi connectivity index (χ3n) is 8.07. The van der Waals surface area contributed by atoms with Crippen LogP contribution in [0.5, 0.6) is 11.5 Å². The summed E-state index contributed by atoms with van der Waals surface area (Å²) in [6.07, 6.45) is 2.54. The number of oxime groups is 2. The molecular formula is C29H39N3O4. The second-order valence-electron chi connectivity index (χ2n) is 9.64. The molecule has 194 valence electrons. The van der Waals surface area contributed by atoms with Crippen LogP contribution in [0.25, 0.3) is 0 Å². The minimum absolute atomic E-state index is 0. The van der Waals surface area contributed by atoms with Crippen molar-refractivity contribution in [1.29, 1.82) is 5.26 Å². The molecule has 0 aliphatic heterocycles. The van der Waals surface area contributed by atoms with E-state index in [1.54, 1.807) is 25.3 Å². The maximum absolute atomic E-state index is 10.5. The molecule has 0 amide bonds. The van der Waals surface area contributed by atoms with Crippen molar-refractivity contribution in [1.82, 2.24) is 0 Å². The van der Waals surface area contributed by atoms with Crippen molar-refractivity contribution in [2.24, 2.45) is 27.6 Å². The number of rotatable bonds is 5. The van der Waals surface area contributed by atoms with Gasteiger partial charge in [-0.2, -0.15) is 5.26 Å². The molecule has 0 heterocycles. The maximum atomic E-state index is 10.5. The van der Waals surface area contributed by atoms with E-state index in [2.05, 4.69) is 30.2 Å². The van der Waals surface area contributed by atoms with E-state index in [9.17, 15) is 10.3 Å². The smallest absolute Gasteiger partial charge is 0.160 e. The summed E-state index contributed by atoms with van der Waals surface area (Å²) in [5.74, 6) is 1.31. The van der Waals surface area contributed by atoms with Crippen LogP contribution in [0.1, 0.15) is 83.1 Å². The maximum Gasteiger partial charge on any atom is 0.160 e. The Labute approximate surface area is 215 Å². The molecule has 7 nitrogen and oxygen atoms in total. The highest BCUT2D eigenvalue weighted by atomic mass is 16.6. The Morgan fingerprint density at radius 3 is 2.67 bits per heavy atom. The number of methoxy groups -OCH3 is 1. The number of nitriles is 1. The summed E-state index contributed by atoms with van der Waals surface area (Å²) >= 11 is 0. The van der Waals surface area contributed by atoms with Gasteiger partial charge in [0, 0.05) is 11.0 Å². The fourth-order valence-electron chi connectivity index (χ4n) is 5.69. The van der Waals surface area contributed by atoms with Gasteiger partial charge in [0.15, 0.2) is 11.5 Å². The van der Waals surface area contributed by atoms with E-state index in [4.69, 9.17) is 14.8 Å². The van der Waals surface area contributed by atoms with Crippen LogP contribution < -0.4 is 4.74 Å². The molecule has 7 heteroatoms. The molecular weight excluding hydrogens is 454 g/mol. The molecule has 36 heavy (non-hydrogen) atoms. The lowest BCUT2D eigenvalue weighted by Crippen LogP contribution is -2.46. The Balaban J connectivity index is 0.00000228. The standard InChI is InChI=1S/C27H31N3O4.2CH4/c1-16-21-11-24(30-34-15-19-7-5-6-18(10-19)14-28)23-12-25(31)26(33-4)13-22(23)20(21)8-9-27(16,3)17(2)29-32;;/h5-7,10,12-13,16,20-21,31-32H,8-9,11,15H2,1-4H3;2*1H4/b29-17+,30-24+;;/t16?,20?,21-,27-;;/m0../s1. The van der Waals surface area contributed by atoms with Crippen molar-refractivity contribution in [3.05, 3.63) is 58.7 Å². The molecule has 2 N–H and O–H groups in total. The van der Waals surface area contributed by atoms with E-state index < -0.39 is 0 Å². The first-order valence-corrected chi connectivity index (χ1v) is 11.6. The van der Waals surface area contributed by atoms with E-state index >= 15 is 0 Å². The van der Waals surface area contributed by atoms with E-state index in [0.717, 1.165) is 41.0 Å². The average Bonchev–Trinajstić information content (AvgIpc) is 2.85. The van der Waals surface area contributed by atoms with Crippen LogP contribution in [0, 0.1) is 28.6 Å². The summed E-state index contributed by atoms with van der Waals surface area (Å²) in [4.78, 5) is 5.75. The van der Waals surface area contributed by atoms with E-state index in [-0.39, 0.29) is 50.4 Å². The van der Waals surface area contributed by atoms with Gasteiger partial charge in [-0.3, -0.25) is 0 Å². The topological polar surface area (TPSA) is 107 Å². The van der Waals surface area contributed by atoms with Gasteiger partial charge in [0.25, 0.3) is 0 Å². The number of nitrogens with zero attached hydrogens (tertiary/aromatic N) is 3. The van der Waals surface area contributed by atoms with Crippen LogP contribution in [0.4, 0.5) is 0 Å². The first-order valence-electron chi connectivity index (χ1n) is 11.6. The Hall–Kier alpha value is -3.53. The number of phenolic OH excluding ortho intramolecular Hbond substituents is 1. The van der Waals surface area contributed by atoms with Gasteiger partial charge in [-0.15, -0.1) is 0 Å². The number of fused-ring (bicyclic) bond motifs is 3. The highest BCUT2D eigenvalue weighted by Gasteiger charge is 2.49. The number of hydrogen-bond acceptors (Lipinski definition) is 7. The van der Waals surface area contributed by atoms with Crippen molar-refractivity contribution in [2.45, 2.75) is 67.4 Å². The van der Waals surface area contributed by atoms with Gasteiger partial charge in [0.05, 0.1) is 30.2 Å². The van der Waals surface area contributed by atoms with Gasteiger partial charge in [-0.1, -0.05) is 51.1 Å². The molecule has 2 aliphatic rings. The summed E-state index contributed by atoms with van der Waals surface area (Å²) in [5, 5.41) is 37.2. The molecule has 2 unspecified atom stereocenters. The van der Waals surface area contributed by atoms with Crippen molar-refractivity contribution in [2.75, 3.05) is 7.11 Å². The molecule has 4 atom stereocenters. The van der Waals surface area contributed by atoms with Crippen LogP contribution in [-0.2, 0) is 11.4 Å². The van der Waals surface area contributed by atoms with Crippen LogP contribution >= 0.6 is 0 Å². The third-order valence-corrected chi connectivity index (χ3v) is 8.07. The minimum atomic E-state index is -0.210. The molecule has 4 rings (SSSR count). The van der Waals surface area contributed by atoms with E-state index in [0.29, 0.717) is 17.7 Å². The molecule has 1 fully saturated rings. The molecule has 0 spiro atoms. The number of benzene rings is 2. The summed E-state index contributed by atoms with van der Waals surface area (Å²) in [7, 11) is 1.55. The number of hydrogen-bond donors (Lipinski definition) is 2. The van der Waals surface area contributed by atoms with Gasteiger partial charge >= 0.3 is 0 Å². The van der Waals surface area contributed by atoms with Crippen LogP contribution in [-0.4, -0.2) is 28.8 Å². The second-order valence-corrected chi connectivity index (χ2v) is 9.64. The predicted octanol–water partition coefficient (Wildman–Crippen LogP) is 6.86. The Kier molecular flexibility index (Phi) is 9.15. The fourth-order valence-corrected chi connectivity index (χ4v) is 5.69. The number of ether oxygens (including phenoxy) is 1. The molecule has 0 radical (unpaired) electrons. The zero-order valence-corrected chi connectivity index (χ0v) is 20.1. The van der Waals surface area contributed by atoms with Gasteiger partial charge in [-0.05, 0) is 79.3 Å². The largest absolute Gasteiger partial charge is 0.504 e. The SMILES string of the molecule is C.C.COc1cc2c(cc1O)/C(=N/OCc1cccc(C#N)c1)C[C@@H]1C2CC[C@](C)(/C(C)=N/O)C1C. The van der Waals surface area contributed by atoms with Crippen molar-refractivity contribution in [3.8, 4) is 17.6 Å². The summed E-state index contributed by atoms with van der Waals surface area (Å²) in [6, 6.07) is 13.0. The lowest BCUT2D eigenvalue weighted by molar-refractivity contribution is 0.102. The lowest BCUT2D eigenvalue weighted by atomic mass is 9.54. The molecule has 2 aromatic rings. The van der Waals surface area contributed by atoms with Gasteiger partial charge in [0.2, 0.25) is 0 Å². The quantitative estimate of drug-likeness (QED) is 0.269. The summed E-state index contributed by atoms with van der Waals surface area (Å²) < 4.78 is 5.41. The van der Waals surface area contributed by atoms with Crippen molar-refractivity contribution in [3.63, 3.8) is 0 Å². The second kappa shape index (κ2) is 11.5. The fraction of sp³-hybridized carbons (Fsp3) is 0.483. The molecule has 0 aromatic heterocycles. The van der Waals surface area contributed by atoms with E-state index in [1.807, 2.05) is 25.1 Å². The lowest BCUT2D eigenvalue weighted by Gasteiger charge is -2.50. The zero-order valence-electron chi connectivity index (χ0n) is 20.1. The highest BCUT2D eigenvalue weighted by Crippen LogP contribution is 2.56. The Morgan fingerprint density at radius 1 is 1.25 bits per heavy atom. The van der Waals surface area contributed by atoms with Gasteiger partial charge in [0.1, 0.15) is 6.61 Å². The van der Waals surface area contributed by atoms with Crippen LogP contribution in [0.2, 0.25) is 0 Å². The predicted molar refractivity (Wildman–Crippen MR) is 143 cm³/mol. The van der Waals surface area contributed by atoms with Crippen LogP contribution in [0.3, 0.4) is 0 Å². The van der Waals surface area contributed by atoms with Gasteiger partial charge < -0.3 is 19.9 Å². The number of aromatic hydroxyl groups is 1. The normalized spacial score (nSPS) is 25.9. The van der Waals surface area contributed by atoms with Crippen LogP contribution in [0.15, 0.2) is 46.7 Å². The molecule has 2 aromatic carbocycles. The monoisotopic (exact) mass is 493 g/mol. The molecule has 0 saturated heterocycles. The molecule has 2 aliphatic carbocycles. The Bertz CT molecular complexity index is 1180. The first kappa shape index (κ1) is 28.7. The van der Waals surface area contributed by atoms with Crippen molar-refractivity contribution >= 4 is 11.4 Å². The highest BCUT2D eigenvalue weighted by molar-refractivity contribution is 6.03. The third kappa shape index (κ3) is 5.04. The molecule has 1 saturated carbocycles. The Morgan fingerprint density at radius 2 is 2.00 bits per heavy atom. The summed E-state index contributed by atoms with van der Waals surface area (Å²) in [6.45, 7) is 6.53. The van der Waals surface area contributed by atoms with Crippen molar-refractivity contribution < 1.29 is 19.9 Å².